The maximum Gasteiger partial charge on any atom is 0.401 e. The van der Waals surface area contributed by atoms with Gasteiger partial charge in [-0.1, -0.05) is 13.8 Å². The molecule has 0 spiro atoms. The van der Waals surface area contributed by atoms with Gasteiger partial charge in [-0.15, -0.1) is 0 Å². The third kappa shape index (κ3) is 11.6. The van der Waals surface area contributed by atoms with Crippen molar-refractivity contribution in [2.75, 3.05) is 19.7 Å². The molecule has 0 aromatic carbocycles. The van der Waals surface area contributed by atoms with E-state index in [1.54, 1.807) is 6.92 Å². The summed E-state index contributed by atoms with van der Waals surface area (Å²) in [5, 5.41) is 2.31. The summed E-state index contributed by atoms with van der Waals surface area (Å²) in [7, 11) is 0. The summed E-state index contributed by atoms with van der Waals surface area (Å²) >= 11 is 0. The molecule has 0 aliphatic heterocycles. The molecule has 1 atom stereocenters. The molecule has 1 unspecified atom stereocenters. The Morgan fingerprint density at radius 2 is 1.80 bits per heavy atom. The minimum atomic E-state index is -4.14. The largest absolute Gasteiger partial charge is 0.401 e. The number of nitrogens with one attached hydrogen (secondary N) is 1. The molecule has 0 heterocycles. The maximum absolute atomic E-state index is 11.8. The van der Waals surface area contributed by atoms with Gasteiger partial charge in [0.25, 0.3) is 0 Å². The van der Waals surface area contributed by atoms with Crippen LogP contribution in [0.1, 0.15) is 27.2 Å². The van der Waals surface area contributed by atoms with Crippen LogP contribution in [0.3, 0.4) is 0 Å². The molecule has 0 radical (unpaired) electrons. The van der Waals surface area contributed by atoms with Gasteiger partial charge in [-0.2, -0.15) is 13.2 Å². The van der Waals surface area contributed by atoms with Crippen LogP contribution in [0.5, 0.6) is 0 Å². The number of rotatable bonds is 7. The smallest absolute Gasteiger partial charge is 0.377 e. The lowest BCUT2D eigenvalue weighted by Gasteiger charge is -2.15. The summed E-state index contributed by atoms with van der Waals surface area (Å²) in [6, 6.07) is 0. The Morgan fingerprint density at radius 3 is 2.27 bits per heavy atom. The van der Waals surface area contributed by atoms with E-state index in [1.165, 1.54) is 0 Å². The molecule has 2 nitrogen and oxygen atoms in total. The van der Waals surface area contributed by atoms with Gasteiger partial charge in [0.15, 0.2) is 0 Å². The second-order valence-corrected chi connectivity index (χ2v) is 4.11. The first-order valence-electron chi connectivity index (χ1n) is 5.20. The molecular formula is C10H20F3NO. The Morgan fingerprint density at radius 1 is 1.20 bits per heavy atom. The SMILES string of the molecule is CC(C)CCOC(C)CNCC(F)(F)F. The Kier molecular flexibility index (Phi) is 6.92. The molecule has 0 bridgehead atoms. The normalized spacial score (nSPS) is 14.6. The van der Waals surface area contributed by atoms with Crippen LogP contribution >= 0.6 is 0 Å². The standard InChI is InChI=1S/C10H20F3NO/c1-8(2)4-5-15-9(3)6-14-7-10(11,12)13/h8-9,14H,4-7H2,1-3H3. The van der Waals surface area contributed by atoms with Crippen LogP contribution in [0.15, 0.2) is 0 Å². The number of ether oxygens (including phenoxy) is 1. The molecular weight excluding hydrogens is 207 g/mol. The average Bonchev–Trinajstić information content (AvgIpc) is 2.00. The van der Waals surface area contributed by atoms with Crippen molar-refractivity contribution in [3.05, 3.63) is 0 Å². The summed E-state index contributed by atoms with van der Waals surface area (Å²) in [4.78, 5) is 0. The molecule has 0 aromatic heterocycles. The van der Waals surface area contributed by atoms with Crippen LogP contribution < -0.4 is 5.32 Å². The predicted molar refractivity (Wildman–Crippen MR) is 53.8 cm³/mol. The van der Waals surface area contributed by atoms with E-state index in [0.717, 1.165) is 6.42 Å². The van der Waals surface area contributed by atoms with Gasteiger partial charge in [-0.25, -0.2) is 0 Å². The number of hydrogen-bond acceptors (Lipinski definition) is 2. The fourth-order valence-corrected chi connectivity index (χ4v) is 0.981. The van der Waals surface area contributed by atoms with Crippen LogP contribution in [0, 0.1) is 5.92 Å². The van der Waals surface area contributed by atoms with Gasteiger partial charge in [0, 0.05) is 13.2 Å². The first-order chi connectivity index (χ1) is 6.81. The first kappa shape index (κ1) is 14.7. The molecule has 0 saturated carbocycles. The molecule has 1 N–H and O–H groups in total. The second-order valence-electron chi connectivity index (χ2n) is 4.11. The third-order valence-corrected chi connectivity index (χ3v) is 1.85. The fraction of sp³-hybridized carbons (Fsp3) is 1.00. The first-order valence-corrected chi connectivity index (χ1v) is 5.20. The molecule has 15 heavy (non-hydrogen) atoms. The molecule has 0 fully saturated rings. The molecule has 0 aliphatic rings. The highest BCUT2D eigenvalue weighted by molar-refractivity contribution is 4.60. The van der Waals surface area contributed by atoms with Crippen molar-refractivity contribution in [3.63, 3.8) is 0 Å². The zero-order chi connectivity index (χ0) is 11.9. The molecule has 92 valence electrons. The van der Waals surface area contributed by atoms with Crippen molar-refractivity contribution in [2.45, 2.75) is 39.5 Å². The van der Waals surface area contributed by atoms with E-state index in [2.05, 4.69) is 19.2 Å². The van der Waals surface area contributed by atoms with E-state index >= 15 is 0 Å². The van der Waals surface area contributed by atoms with Crippen molar-refractivity contribution >= 4 is 0 Å². The Balaban J connectivity index is 3.37. The van der Waals surface area contributed by atoms with Crippen LogP contribution in [-0.2, 0) is 4.74 Å². The lowest BCUT2D eigenvalue weighted by atomic mass is 10.1. The topological polar surface area (TPSA) is 21.3 Å². The Hall–Kier alpha value is -0.290. The van der Waals surface area contributed by atoms with Crippen molar-refractivity contribution in [2.24, 2.45) is 5.92 Å². The molecule has 0 amide bonds. The summed E-state index contributed by atoms with van der Waals surface area (Å²) in [5.74, 6) is 0.556. The monoisotopic (exact) mass is 227 g/mol. The molecule has 0 saturated heterocycles. The maximum atomic E-state index is 11.8. The highest BCUT2D eigenvalue weighted by atomic mass is 19.4. The molecule has 5 heteroatoms. The zero-order valence-corrected chi connectivity index (χ0v) is 9.53. The van der Waals surface area contributed by atoms with Crippen LogP contribution in [0.4, 0.5) is 13.2 Å². The molecule has 0 aliphatic carbocycles. The number of alkyl halides is 3. The number of halogens is 3. The Labute approximate surface area is 89.2 Å². The van der Waals surface area contributed by atoms with Crippen molar-refractivity contribution in [3.8, 4) is 0 Å². The van der Waals surface area contributed by atoms with E-state index in [9.17, 15) is 13.2 Å². The zero-order valence-electron chi connectivity index (χ0n) is 9.53. The van der Waals surface area contributed by atoms with Crippen LogP contribution in [0.2, 0.25) is 0 Å². The fourth-order valence-electron chi connectivity index (χ4n) is 0.981. The van der Waals surface area contributed by atoms with E-state index in [4.69, 9.17) is 4.74 Å². The van der Waals surface area contributed by atoms with Gasteiger partial charge in [0.1, 0.15) is 0 Å². The van der Waals surface area contributed by atoms with Crippen LogP contribution in [0.25, 0.3) is 0 Å². The van der Waals surface area contributed by atoms with Gasteiger partial charge in [0.05, 0.1) is 12.6 Å². The number of hydrogen-bond donors (Lipinski definition) is 1. The van der Waals surface area contributed by atoms with Gasteiger partial charge in [-0.05, 0) is 19.3 Å². The summed E-state index contributed by atoms with van der Waals surface area (Å²) in [5.41, 5.74) is 0. The van der Waals surface area contributed by atoms with Gasteiger partial charge in [0.2, 0.25) is 0 Å². The minimum Gasteiger partial charge on any atom is -0.377 e. The summed E-state index contributed by atoms with van der Waals surface area (Å²) in [6.45, 7) is 5.81. The third-order valence-electron chi connectivity index (χ3n) is 1.85. The highest BCUT2D eigenvalue weighted by Crippen LogP contribution is 2.12. The van der Waals surface area contributed by atoms with Gasteiger partial charge < -0.3 is 10.1 Å². The van der Waals surface area contributed by atoms with Crippen molar-refractivity contribution < 1.29 is 17.9 Å². The van der Waals surface area contributed by atoms with E-state index in [0.29, 0.717) is 12.5 Å². The summed E-state index contributed by atoms with van der Waals surface area (Å²) < 4.78 is 40.6. The summed E-state index contributed by atoms with van der Waals surface area (Å²) in [6.07, 6.45) is -3.38. The lowest BCUT2D eigenvalue weighted by Crippen LogP contribution is -2.34. The van der Waals surface area contributed by atoms with Gasteiger partial charge in [-0.3, -0.25) is 0 Å². The predicted octanol–water partition coefficient (Wildman–Crippen LogP) is 2.59. The van der Waals surface area contributed by atoms with Crippen molar-refractivity contribution in [1.82, 2.24) is 5.32 Å². The average molecular weight is 227 g/mol. The van der Waals surface area contributed by atoms with E-state index in [-0.39, 0.29) is 12.6 Å². The Bertz CT molecular complexity index is 159. The molecule has 0 rings (SSSR count). The van der Waals surface area contributed by atoms with Gasteiger partial charge >= 0.3 is 6.18 Å². The molecule has 0 aromatic rings. The van der Waals surface area contributed by atoms with E-state index in [1.807, 2.05) is 0 Å². The highest BCUT2D eigenvalue weighted by Gasteiger charge is 2.26. The lowest BCUT2D eigenvalue weighted by molar-refractivity contribution is -0.125. The quantitative estimate of drug-likeness (QED) is 0.721. The van der Waals surface area contributed by atoms with Crippen LogP contribution in [-0.4, -0.2) is 32.0 Å². The minimum absolute atomic E-state index is 0.175. The second kappa shape index (κ2) is 7.06. The van der Waals surface area contributed by atoms with Crippen molar-refractivity contribution in [1.29, 1.82) is 0 Å². The van der Waals surface area contributed by atoms with E-state index < -0.39 is 12.7 Å².